The van der Waals surface area contributed by atoms with Crippen LogP contribution in [0.25, 0.3) is 11.0 Å². The first kappa shape index (κ1) is 12.4. The van der Waals surface area contributed by atoms with Gasteiger partial charge in [0.25, 0.3) is 5.91 Å². The Labute approximate surface area is 104 Å². The number of fused-ring (bicyclic) bond motifs is 1. The first-order valence-electron chi connectivity index (χ1n) is 5.49. The van der Waals surface area contributed by atoms with Crippen LogP contribution in [0.5, 0.6) is 0 Å². The average Bonchev–Trinajstić information content (AvgIpc) is 2.40. The summed E-state index contributed by atoms with van der Waals surface area (Å²) in [4.78, 5) is 20.1. The molecule has 1 unspecified atom stereocenters. The third-order valence-electron chi connectivity index (χ3n) is 2.53. The van der Waals surface area contributed by atoms with Gasteiger partial charge in [0.15, 0.2) is 0 Å². The summed E-state index contributed by atoms with van der Waals surface area (Å²) in [6, 6.07) is 5.31. The van der Waals surface area contributed by atoms with Crippen molar-refractivity contribution in [1.29, 1.82) is 0 Å². The second-order valence-electron chi connectivity index (χ2n) is 3.71. The normalized spacial score (nSPS) is 12.3. The van der Waals surface area contributed by atoms with E-state index in [0.29, 0.717) is 5.69 Å². The van der Waals surface area contributed by atoms with E-state index in [1.165, 1.54) is 7.11 Å². The number of benzene rings is 1. The Hall–Kier alpha value is -2.05. The van der Waals surface area contributed by atoms with Crippen LogP contribution in [-0.2, 0) is 9.53 Å². The Morgan fingerprint density at radius 2 is 2.11 bits per heavy atom. The van der Waals surface area contributed by atoms with Crippen LogP contribution in [0.4, 0.5) is 5.69 Å². The monoisotopic (exact) mass is 246 g/mol. The smallest absolute Gasteiger partial charge is 0.254 e. The van der Waals surface area contributed by atoms with Gasteiger partial charge in [-0.1, -0.05) is 0 Å². The molecule has 1 heterocycles. The molecule has 6 nitrogen and oxygen atoms in total. The summed E-state index contributed by atoms with van der Waals surface area (Å²) in [6.07, 6.45) is 2.57. The number of nitrogens with two attached hydrogens (primary N) is 1. The van der Waals surface area contributed by atoms with Crippen LogP contribution in [0.1, 0.15) is 0 Å². The van der Waals surface area contributed by atoms with Crippen LogP contribution in [0.2, 0.25) is 0 Å². The van der Waals surface area contributed by atoms with Crippen molar-refractivity contribution in [2.45, 2.75) is 6.10 Å². The molecule has 0 radical (unpaired) electrons. The lowest BCUT2D eigenvalue weighted by Crippen LogP contribution is -2.35. The number of nitrogens with zero attached hydrogens (tertiary/aromatic N) is 2. The van der Waals surface area contributed by atoms with E-state index >= 15 is 0 Å². The zero-order chi connectivity index (χ0) is 13.0. The van der Waals surface area contributed by atoms with Gasteiger partial charge >= 0.3 is 0 Å². The molecule has 6 heteroatoms. The molecule has 1 aromatic carbocycles. The van der Waals surface area contributed by atoms with Gasteiger partial charge in [0.2, 0.25) is 0 Å². The molecule has 0 saturated heterocycles. The molecule has 1 aromatic heterocycles. The number of nitrogens with one attached hydrogen (secondary N) is 1. The number of hydrogen-bond donors (Lipinski definition) is 2. The minimum Gasteiger partial charge on any atom is -0.370 e. The highest BCUT2D eigenvalue weighted by atomic mass is 16.5. The van der Waals surface area contributed by atoms with Gasteiger partial charge in [0.05, 0.1) is 11.0 Å². The Morgan fingerprint density at radius 3 is 2.78 bits per heavy atom. The van der Waals surface area contributed by atoms with Crippen molar-refractivity contribution in [2.75, 3.05) is 19.0 Å². The molecule has 0 aliphatic heterocycles. The van der Waals surface area contributed by atoms with Crippen molar-refractivity contribution in [3.63, 3.8) is 0 Å². The molecule has 3 N–H and O–H groups in total. The van der Waals surface area contributed by atoms with E-state index in [1.54, 1.807) is 30.6 Å². The van der Waals surface area contributed by atoms with Crippen molar-refractivity contribution >= 4 is 22.6 Å². The zero-order valence-corrected chi connectivity index (χ0v) is 9.96. The predicted molar refractivity (Wildman–Crippen MR) is 68.0 cm³/mol. The molecular formula is C12H14N4O2. The van der Waals surface area contributed by atoms with Gasteiger partial charge in [0, 0.05) is 31.7 Å². The molecule has 0 aliphatic rings. The van der Waals surface area contributed by atoms with Crippen molar-refractivity contribution in [3.8, 4) is 0 Å². The lowest BCUT2D eigenvalue weighted by molar-refractivity contribution is -0.125. The van der Waals surface area contributed by atoms with Crippen LogP contribution in [0.3, 0.4) is 0 Å². The Balaban J connectivity index is 2.19. The van der Waals surface area contributed by atoms with Crippen molar-refractivity contribution in [3.05, 3.63) is 30.6 Å². The number of hydrogen-bond acceptors (Lipinski definition) is 5. The lowest BCUT2D eigenvalue weighted by Gasteiger charge is -2.13. The molecule has 0 fully saturated rings. The van der Waals surface area contributed by atoms with Gasteiger partial charge in [-0.3, -0.25) is 14.8 Å². The maximum Gasteiger partial charge on any atom is 0.254 e. The molecule has 0 bridgehead atoms. The summed E-state index contributed by atoms with van der Waals surface area (Å²) in [5.41, 5.74) is 7.56. The third kappa shape index (κ3) is 2.61. The number of aromatic nitrogens is 2. The van der Waals surface area contributed by atoms with E-state index in [1.807, 2.05) is 0 Å². The van der Waals surface area contributed by atoms with Crippen LogP contribution >= 0.6 is 0 Å². The van der Waals surface area contributed by atoms with Crippen molar-refractivity contribution in [2.24, 2.45) is 5.73 Å². The minimum atomic E-state index is -0.650. The summed E-state index contributed by atoms with van der Waals surface area (Å²) in [5, 5.41) is 2.72. The van der Waals surface area contributed by atoms with E-state index in [4.69, 9.17) is 10.5 Å². The van der Waals surface area contributed by atoms with Gasteiger partial charge in [-0.25, -0.2) is 0 Å². The predicted octanol–water partition coefficient (Wildman–Crippen LogP) is 0.542. The number of rotatable bonds is 4. The van der Waals surface area contributed by atoms with E-state index in [-0.39, 0.29) is 12.5 Å². The number of amides is 1. The largest absolute Gasteiger partial charge is 0.370 e. The Morgan fingerprint density at radius 1 is 1.39 bits per heavy atom. The Bertz CT molecular complexity index is 555. The SMILES string of the molecule is COC(CN)C(=O)Nc1ccc2nccnc2c1. The lowest BCUT2D eigenvalue weighted by atomic mass is 10.2. The zero-order valence-electron chi connectivity index (χ0n) is 9.96. The molecule has 0 saturated carbocycles. The second-order valence-corrected chi connectivity index (χ2v) is 3.71. The van der Waals surface area contributed by atoms with Gasteiger partial charge < -0.3 is 15.8 Å². The van der Waals surface area contributed by atoms with Gasteiger partial charge in [-0.2, -0.15) is 0 Å². The molecule has 18 heavy (non-hydrogen) atoms. The topological polar surface area (TPSA) is 90.1 Å². The number of carbonyl (C=O) groups is 1. The summed E-state index contributed by atoms with van der Waals surface area (Å²) < 4.78 is 4.96. The van der Waals surface area contributed by atoms with Crippen LogP contribution in [0, 0.1) is 0 Å². The number of anilines is 1. The average molecular weight is 246 g/mol. The molecule has 1 amide bonds. The maximum absolute atomic E-state index is 11.8. The van der Waals surface area contributed by atoms with Gasteiger partial charge in [0.1, 0.15) is 6.10 Å². The summed E-state index contributed by atoms with van der Waals surface area (Å²) >= 11 is 0. The summed E-state index contributed by atoms with van der Waals surface area (Å²) in [7, 11) is 1.45. The van der Waals surface area contributed by atoms with Crippen molar-refractivity contribution < 1.29 is 9.53 Å². The fraction of sp³-hybridized carbons (Fsp3) is 0.250. The van der Waals surface area contributed by atoms with E-state index in [0.717, 1.165) is 11.0 Å². The quantitative estimate of drug-likeness (QED) is 0.821. The van der Waals surface area contributed by atoms with E-state index in [9.17, 15) is 4.79 Å². The maximum atomic E-state index is 11.8. The molecule has 94 valence electrons. The highest BCUT2D eigenvalue weighted by molar-refractivity contribution is 5.95. The Kier molecular flexibility index (Phi) is 3.81. The highest BCUT2D eigenvalue weighted by Crippen LogP contribution is 2.15. The van der Waals surface area contributed by atoms with Crippen LogP contribution in [0.15, 0.2) is 30.6 Å². The van der Waals surface area contributed by atoms with E-state index < -0.39 is 6.10 Å². The van der Waals surface area contributed by atoms with Crippen molar-refractivity contribution in [1.82, 2.24) is 9.97 Å². The number of carbonyl (C=O) groups excluding carboxylic acids is 1. The third-order valence-corrected chi connectivity index (χ3v) is 2.53. The second kappa shape index (κ2) is 5.52. The molecule has 0 aliphatic carbocycles. The van der Waals surface area contributed by atoms with Crippen LogP contribution in [-0.4, -0.2) is 35.6 Å². The summed E-state index contributed by atoms with van der Waals surface area (Å²) in [6.45, 7) is 0.135. The molecular weight excluding hydrogens is 232 g/mol. The molecule has 2 aromatic rings. The van der Waals surface area contributed by atoms with Gasteiger partial charge in [-0.05, 0) is 18.2 Å². The molecule has 1 atom stereocenters. The fourth-order valence-electron chi connectivity index (χ4n) is 1.57. The van der Waals surface area contributed by atoms with E-state index in [2.05, 4.69) is 15.3 Å². The highest BCUT2D eigenvalue weighted by Gasteiger charge is 2.15. The first-order chi connectivity index (χ1) is 8.74. The fourth-order valence-corrected chi connectivity index (χ4v) is 1.57. The van der Waals surface area contributed by atoms with Crippen LogP contribution < -0.4 is 11.1 Å². The van der Waals surface area contributed by atoms with Gasteiger partial charge in [-0.15, -0.1) is 0 Å². The number of methoxy groups -OCH3 is 1. The number of ether oxygens (including phenoxy) is 1. The molecule has 2 rings (SSSR count). The standard InChI is InChI=1S/C12H14N4O2/c1-18-11(7-13)12(17)16-8-2-3-9-10(6-8)15-5-4-14-9/h2-6,11H,7,13H2,1H3,(H,16,17). The molecule has 0 spiro atoms. The first-order valence-corrected chi connectivity index (χ1v) is 5.49. The minimum absolute atomic E-state index is 0.135. The summed E-state index contributed by atoms with van der Waals surface area (Å²) in [5.74, 6) is -0.275.